The monoisotopic (exact) mass is 314 g/mol. The van der Waals surface area contributed by atoms with E-state index in [1.54, 1.807) is 11.3 Å². The van der Waals surface area contributed by atoms with Gasteiger partial charge in [-0.3, -0.25) is 0 Å². The molecular weight excluding hydrogens is 299 g/mol. The minimum absolute atomic E-state index is 0.225. The van der Waals surface area contributed by atoms with Crippen LogP contribution in [0, 0.1) is 0 Å². The second-order valence-corrected chi connectivity index (χ2v) is 5.91. The average Bonchev–Trinajstić information content (AvgIpc) is 2.92. The highest BCUT2D eigenvalue weighted by molar-refractivity contribution is 7.07. The van der Waals surface area contributed by atoms with Gasteiger partial charge in [-0.05, 0) is 37.1 Å². The molecule has 1 aromatic heterocycles. The number of benzene rings is 1. The molecule has 0 radical (unpaired) electrons. The van der Waals surface area contributed by atoms with E-state index in [4.69, 9.17) is 23.2 Å². The molecule has 102 valence electrons. The van der Waals surface area contributed by atoms with Crippen molar-refractivity contribution in [2.24, 2.45) is 0 Å². The van der Waals surface area contributed by atoms with Crippen LogP contribution >= 0.6 is 34.5 Å². The van der Waals surface area contributed by atoms with Gasteiger partial charge in [0.05, 0.1) is 27.3 Å². The molecule has 1 N–H and O–H groups in total. The third-order valence-corrected chi connectivity index (χ3v) is 4.22. The highest BCUT2D eigenvalue weighted by Gasteiger charge is 2.14. The zero-order chi connectivity index (χ0) is 13.7. The van der Waals surface area contributed by atoms with Gasteiger partial charge in [-0.1, -0.05) is 36.2 Å². The minimum atomic E-state index is 0.225. The number of nitrogens with one attached hydrogen (secondary N) is 1. The van der Waals surface area contributed by atoms with Gasteiger partial charge >= 0.3 is 0 Å². The topological polar surface area (TPSA) is 24.9 Å². The Morgan fingerprint density at radius 3 is 2.79 bits per heavy atom. The quantitative estimate of drug-likeness (QED) is 0.833. The number of halogens is 2. The molecule has 2 rings (SSSR count). The van der Waals surface area contributed by atoms with Crippen LogP contribution in [0.2, 0.25) is 10.0 Å². The molecule has 0 aliphatic heterocycles. The number of aromatic nitrogens is 1. The maximum atomic E-state index is 6.06. The molecule has 1 unspecified atom stereocenters. The van der Waals surface area contributed by atoms with Crippen molar-refractivity contribution in [1.82, 2.24) is 10.3 Å². The SMILES string of the molecule is CCCNC(Cc1ccc(Cl)c(Cl)c1)c1cscn1. The average molecular weight is 315 g/mol. The first kappa shape index (κ1) is 14.8. The lowest BCUT2D eigenvalue weighted by atomic mass is 10.0. The van der Waals surface area contributed by atoms with Gasteiger partial charge in [0, 0.05) is 5.38 Å². The van der Waals surface area contributed by atoms with E-state index in [-0.39, 0.29) is 6.04 Å². The zero-order valence-electron chi connectivity index (χ0n) is 10.7. The van der Waals surface area contributed by atoms with Gasteiger partial charge in [0.15, 0.2) is 0 Å². The lowest BCUT2D eigenvalue weighted by molar-refractivity contribution is 0.520. The molecule has 0 aliphatic carbocycles. The summed E-state index contributed by atoms with van der Waals surface area (Å²) in [7, 11) is 0. The van der Waals surface area contributed by atoms with Crippen LogP contribution < -0.4 is 5.32 Å². The van der Waals surface area contributed by atoms with Crippen molar-refractivity contribution in [3.8, 4) is 0 Å². The molecule has 0 bridgehead atoms. The lowest BCUT2D eigenvalue weighted by Gasteiger charge is -2.17. The molecule has 0 saturated carbocycles. The van der Waals surface area contributed by atoms with Gasteiger partial charge in [0.25, 0.3) is 0 Å². The van der Waals surface area contributed by atoms with Crippen molar-refractivity contribution in [2.75, 3.05) is 6.54 Å². The van der Waals surface area contributed by atoms with Gasteiger partial charge in [-0.2, -0.15) is 0 Å². The Labute approximate surface area is 127 Å². The smallest absolute Gasteiger partial charge is 0.0795 e. The molecule has 0 amide bonds. The van der Waals surface area contributed by atoms with Crippen LogP contribution in [0.5, 0.6) is 0 Å². The highest BCUT2D eigenvalue weighted by atomic mass is 35.5. The van der Waals surface area contributed by atoms with E-state index in [0.717, 1.165) is 30.6 Å². The van der Waals surface area contributed by atoms with Gasteiger partial charge in [0.2, 0.25) is 0 Å². The van der Waals surface area contributed by atoms with Crippen molar-refractivity contribution in [2.45, 2.75) is 25.8 Å². The largest absolute Gasteiger partial charge is 0.308 e. The number of hydrogen-bond acceptors (Lipinski definition) is 3. The summed E-state index contributed by atoms with van der Waals surface area (Å²) in [6, 6.07) is 6.01. The second kappa shape index (κ2) is 7.25. The normalized spacial score (nSPS) is 12.6. The maximum Gasteiger partial charge on any atom is 0.0795 e. The first-order valence-electron chi connectivity index (χ1n) is 6.26. The van der Waals surface area contributed by atoms with E-state index in [0.29, 0.717) is 10.0 Å². The van der Waals surface area contributed by atoms with Crippen LogP contribution in [0.15, 0.2) is 29.1 Å². The molecule has 2 nitrogen and oxygen atoms in total. The van der Waals surface area contributed by atoms with Crippen molar-refractivity contribution in [3.05, 3.63) is 50.4 Å². The van der Waals surface area contributed by atoms with Crippen molar-refractivity contribution in [1.29, 1.82) is 0 Å². The van der Waals surface area contributed by atoms with Gasteiger partial charge in [0.1, 0.15) is 0 Å². The molecule has 0 saturated heterocycles. The highest BCUT2D eigenvalue weighted by Crippen LogP contribution is 2.25. The van der Waals surface area contributed by atoms with Crippen LogP contribution in [-0.2, 0) is 6.42 Å². The second-order valence-electron chi connectivity index (χ2n) is 4.37. The molecule has 5 heteroatoms. The Hall–Kier alpha value is -0.610. The van der Waals surface area contributed by atoms with Crippen LogP contribution in [0.25, 0.3) is 0 Å². The third-order valence-electron chi connectivity index (χ3n) is 2.87. The summed E-state index contributed by atoms with van der Waals surface area (Å²) in [6.45, 7) is 3.13. The summed E-state index contributed by atoms with van der Waals surface area (Å²) in [6.07, 6.45) is 1.96. The van der Waals surface area contributed by atoms with E-state index in [9.17, 15) is 0 Å². The minimum Gasteiger partial charge on any atom is -0.308 e. The predicted octanol–water partition coefficient (Wildman–Crippen LogP) is 4.73. The third kappa shape index (κ3) is 4.18. The van der Waals surface area contributed by atoms with E-state index in [1.807, 2.05) is 23.7 Å². The molecule has 19 heavy (non-hydrogen) atoms. The standard InChI is InChI=1S/C14H16Cl2N2S/c1-2-5-17-13(14-8-19-9-18-14)7-10-3-4-11(15)12(16)6-10/h3-4,6,8-9,13,17H,2,5,7H2,1H3. The van der Waals surface area contributed by atoms with E-state index >= 15 is 0 Å². The molecule has 2 aromatic rings. The van der Waals surface area contributed by atoms with E-state index in [1.165, 1.54) is 0 Å². The Balaban J connectivity index is 2.13. The Bertz CT molecular complexity index is 514. The summed E-state index contributed by atoms with van der Waals surface area (Å²) in [5, 5.41) is 6.81. The number of rotatable bonds is 6. The fraction of sp³-hybridized carbons (Fsp3) is 0.357. The lowest BCUT2D eigenvalue weighted by Crippen LogP contribution is -2.24. The van der Waals surface area contributed by atoms with Crippen LogP contribution in [-0.4, -0.2) is 11.5 Å². The Morgan fingerprint density at radius 2 is 2.16 bits per heavy atom. The van der Waals surface area contributed by atoms with Crippen molar-refractivity contribution >= 4 is 34.5 Å². The first-order valence-corrected chi connectivity index (χ1v) is 7.96. The number of nitrogens with zero attached hydrogens (tertiary/aromatic N) is 1. The fourth-order valence-corrected chi connectivity index (χ4v) is 2.82. The van der Waals surface area contributed by atoms with Crippen molar-refractivity contribution in [3.63, 3.8) is 0 Å². The van der Waals surface area contributed by atoms with E-state index < -0.39 is 0 Å². The first-order chi connectivity index (χ1) is 9.20. The van der Waals surface area contributed by atoms with Crippen LogP contribution in [0.4, 0.5) is 0 Å². The van der Waals surface area contributed by atoms with Crippen LogP contribution in [0.1, 0.15) is 30.6 Å². The zero-order valence-corrected chi connectivity index (χ0v) is 13.0. The molecule has 1 atom stereocenters. The Morgan fingerprint density at radius 1 is 1.32 bits per heavy atom. The summed E-state index contributed by atoms with van der Waals surface area (Å²) < 4.78 is 0. The van der Waals surface area contributed by atoms with Gasteiger partial charge in [-0.15, -0.1) is 11.3 Å². The van der Waals surface area contributed by atoms with Crippen LogP contribution in [0.3, 0.4) is 0 Å². The summed E-state index contributed by atoms with van der Waals surface area (Å²) >= 11 is 13.6. The molecular formula is C14H16Cl2N2S. The molecule has 0 spiro atoms. The summed E-state index contributed by atoms with van der Waals surface area (Å²) in [4.78, 5) is 4.40. The van der Waals surface area contributed by atoms with Gasteiger partial charge < -0.3 is 5.32 Å². The molecule has 0 aliphatic rings. The van der Waals surface area contributed by atoms with E-state index in [2.05, 4.69) is 22.6 Å². The fourth-order valence-electron chi connectivity index (χ4n) is 1.90. The molecule has 0 fully saturated rings. The number of thiazole rings is 1. The number of hydrogen-bond donors (Lipinski definition) is 1. The predicted molar refractivity (Wildman–Crippen MR) is 83.3 cm³/mol. The maximum absolute atomic E-state index is 6.06. The summed E-state index contributed by atoms with van der Waals surface area (Å²) in [5.74, 6) is 0. The molecule has 1 aromatic carbocycles. The van der Waals surface area contributed by atoms with Crippen molar-refractivity contribution < 1.29 is 0 Å². The van der Waals surface area contributed by atoms with Gasteiger partial charge in [-0.25, -0.2) is 4.98 Å². The Kier molecular flexibility index (Phi) is 5.64. The summed E-state index contributed by atoms with van der Waals surface area (Å²) in [5.41, 5.74) is 4.12. The molecule has 1 heterocycles.